The van der Waals surface area contributed by atoms with Gasteiger partial charge in [0.15, 0.2) is 0 Å². The molecule has 1 aromatic carbocycles. The van der Waals surface area contributed by atoms with Gasteiger partial charge in [-0.15, -0.1) is 11.6 Å². The molecule has 2 heterocycles. The van der Waals surface area contributed by atoms with Gasteiger partial charge in [0.05, 0.1) is 0 Å². The number of hydrogen-bond donors (Lipinski definition) is 0. The summed E-state index contributed by atoms with van der Waals surface area (Å²) < 4.78 is 0. The molecule has 1 unspecified atom stereocenters. The van der Waals surface area contributed by atoms with E-state index in [-0.39, 0.29) is 0 Å². The first-order chi connectivity index (χ1) is 9.67. The van der Waals surface area contributed by atoms with Crippen molar-refractivity contribution in [2.24, 2.45) is 5.92 Å². The van der Waals surface area contributed by atoms with Crippen LogP contribution < -0.4 is 4.90 Å². The Bertz CT molecular complexity index is 624. The van der Waals surface area contributed by atoms with Gasteiger partial charge in [-0.2, -0.15) is 0 Å². The highest BCUT2D eigenvalue weighted by atomic mass is 35.5. The van der Waals surface area contributed by atoms with E-state index in [1.807, 2.05) is 6.92 Å². The quantitative estimate of drug-likeness (QED) is 0.758. The zero-order valence-corrected chi connectivity index (χ0v) is 12.7. The van der Waals surface area contributed by atoms with E-state index in [2.05, 4.69) is 48.2 Å². The lowest BCUT2D eigenvalue weighted by atomic mass is 9.94. The number of benzene rings is 1. The molecule has 3 rings (SSSR count). The van der Waals surface area contributed by atoms with Crippen LogP contribution in [0.1, 0.15) is 23.7 Å². The molecule has 0 fully saturated rings. The summed E-state index contributed by atoms with van der Waals surface area (Å²) in [5.41, 5.74) is 4.84. The summed E-state index contributed by atoms with van der Waals surface area (Å²) in [5.74, 6) is 2.17. The van der Waals surface area contributed by atoms with Crippen LogP contribution >= 0.6 is 11.6 Å². The fourth-order valence-corrected chi connectivity index (χ4v) is 3.10. The second-order valence-corrected chi connectivity index (χ2v) is 5.92. The van der Waals surface area contributed by atoms with E-state index >= 15 is 0 Å². The Morgan fingerprint density at radius 2 is 2.10 bits per heavy atom. The molecule has 0 aliphatic carbocycles. The smallest absolute Gasteiger partial charge is 0.133 e. The van der Waals surface area contributed by atoms with Crippen LogP contribution in [0.15, 0.2) is 36.4 Å². The Balaban J connectivity index is 2.08. The average Bonchev–Trinajstić information content (AvgIpc) is 2.45. The van der Waals surface area contributed by atoms with E-state index in [1.54, 1.807) is 0 Å². The molecule has 1 atom stereocenters. The van der Waals surface area contributed by atoms with Gasteiger partial charge < -0.3 is 4.90 Å². The van der Waals surface area contributed by atoms with Crippen molar-refractivity contribution in [3.63, 3.8) is 0 Å². The number of hydrogen-bond acceptors (Lipinski definition) is 2. The molecule has 2 nitrogen and oxygen atoms in total. The minimum absolute atomic E-state index is 0.529. The van der Waals surface area contributed by atoms with Crippen molar-refractivity contribution in [2.45, 2.75) is 26.1 Å². The van der Waals surface area contributed by atoms with Crippen LogP contribution in [0.25, 0.3) is 0 Å². The largest absolute Gasteiger partial charge is 0.326 e. The topological polar surface area (TPSA) is 16.1 Å². The number of anilines is 2. The Hall–Kier alpha value is -1.54. The molecule has 0 bridgehead atoms. The molecule has 0 N–H and O–H groups in total. The van der Waals surface area contributed by atoms with Crippen molar-refractivity contribution < 1.29 is 0 Å². The fourth-order valence-electron chi connectivity index (χ4n) is 2.95. The standard InChI is InChI=1S/C17H19ClN2/c1-12-7-15-5-3-4-6-16(15)20(11-12)17-9-14(10-18)8-13(2)19-17/h3-6,8-9,12H,7,10-11H2,1-2H3. The van der Waals surface area contributed by atoms with E-state index in [4.69, 9.17) is 16.6 Å². The van der Waals surface area contributed by atoms with Crippen molar-refractivity contribution in [1.29, 1.82) is 0 Å². The maximum absolute atomic E-state index is 5.99. The molecule has 104 valence electrons. The molecule has 0 spiro atoms. The maximum atomic E-state index is 5.99. The number of rotatable bonds is 2. The fraction of sp³-hybridized carbons (Fsp3) is 0.353. The van der Waals surface area contributed by atoms with E-state index in [0.29, 0.717) is 11.8 Å². The number of fused-ring (bicyclic) bond motifs is 1. The monoisotopic (exact) mass is 286 g/mol. The lowest BCUT2D eigenvalue weighted by Gasteiger charge is -2.34. The van der Waals surface area contributed by atoms with Crippen LogP contribution in [0.4, 0.5) is 11.5 Å². The molecule has 20 heavy (non-hydrogen) atoms. The second-order valence-electron chi connectivity index (χ2n) is 5.66. The summed E-state index contributed by atoms with van der Waals surface area (Å²) in [6.07, 6.45) is 1.14. The summed E-state index contributed by atoms with van der Waals surface area (Å²) >= 11 is 5.99. The summed E-state index contributed by atoms with van der Waals surface area (Å²) in [5, 5.41) is 0. The van der Waals surface area contributed by atoms with Crippen molar-refractivity contribution in [3.05, 3.63) is 53.2 Å². The number of aryl methyl sites for hydroxylation is 1. The van der Waals surface area contributed by atoms with Crippen LogP contribution in [0.5, 0.6) is 0 Å². The molecular weight excluding hydrogens is 268 g/mol. The Labute approximate surface area is 125 Å². The van der Waals surface area contributed by atoms with Gasteiger partial charge in [-0.25, -0.2) is 4.98 Å². The van der Waals surface area contributed by atoms with E-state index in [9.17, 15) is 0 Å². The van der Waals surface area contributed by atoms with Gasteiger partial charge in [-0.3, -0.25) is 0 Å². The number of para-hydroxylation sites is 1. The summed E-state index contributed by atoms with van der Waals surface area (Å²) in [6, 6.07) is 12.8. The van der Waals surface area contributed by atoms with Crippen molar-refractivity contribution in [2.75, 3.05) is 11.4 Å². The zero-order chi connectivity index (χ0) is 14.1. The van der Waals surface area contributed by atoms with E-state index in [1.165, 1.54) is 11.3 Å². The molecule has 0 amide bonds. The predicted molar refractivity (Wildman–Crippen MR) is 84.8 cm³/mol. The third-order valence-electron chi connectivity index (χ3n) is 3.78. The molecular formula is C17H19ClN2. The molecule has 0 saturated carbocycles. The van der Waals surface area contributed by atoms with Crippen LogP contribution in [0.3, 0.4) is 0 Å². The van der Waals surface area contributed by atoms with Crippen LogP contribution in [0.2, 0.25) is 0 Å². The Morgan fingerprint density at radius 3 is 2.90 bits per heavy atom. The highest BCUT2D eigenvalue weighted by molar-refractivity contribution is 6.17. The molecule has 2 aromatic rings. The van der Waals surface area contributed by atoms with Crippen molar-refractivity contribution in [3.8, 4) is 0 Å². The first kappa shape index (κ1) is 13.4. The predicted octanol–water partition coefficient (Wildman–Crippen LogP) is 4.46. The summed E-state index contributed by atoms with van der Waals surface area (Å²) in [7, 11) is 0. The van der Waals surface area contributed by atoms with E-state index in [0.717, 1.165) is 30.0 Å². The molecule has 0 saturated heterocycles. The lowest BCUT2D eigenvalue weighted by molar-refractivity contribution is 0.560. The number of halogens is 1. The molecule has 1 aliphatic rings. The highest BCUT2D eigenvalue weighted by Gasteiger charge is 2.23. The van der Waals surface area contributed by atoms with Crippen molar-refractivity contribution >= 4 is 23.1 Å². The molecule has 1 aliphatic heterocycles. The summed E-state index contributed by atoms with van der Waals surface area (Å²) in [4.78, 5) is 7.03. The van der Waals surface area contributed by atoms with Crippen LogP contribution in [-0.4, -0.2) is 11.5 Å². The van der Waals surface area contributed by atoms with Gasteiger partial charge in [0.25, 0.3) is 0 Å². The SMILES string of the molecule is Cc1cc(CCl)cc(N2CC(C)Cc3ccccc32)n1. The average molecular weight is 287 g/mol. The number of alkyl halides is 1. The second kappa shape index (κ2) is 5.45. The third kappa shape index (κ3) is 2.53. The van der Waals surface area contributed by atoms with Crippen LogP contribution in [0, 0.1) is 12.8 Å². The molecule has 0 radical (unpaired) electrons. The van der Waals surface area contributed by atoms with Gasteiger partial charge in [-0.05, 0) is 48.6 Å². The minimum atomic E-state index is 0.529. The molecule has 3 heteroatoms. The van der Waals surface area contributed by atoms with Gasteiger partial charge in [0, 0.05) is 23.8 Å². The van der Waals surface area contributed by atoms with Crippen molar-refractivity contribution in [1.82, 2.24) is 4.98 Å². The zero-order valence-electron chi connectivity index (χ0n) is 11.9. The molecule has 1 aromatic heterocycles. The Morgan fingerprint density at radius 1 is 1.30 bits per heavy atom. The normalized spacial score (nSPS) is 17.9. The highest BCUT2D eigenvalue weighted by Crippen LogP contribution is 2.34. The number of aromatic nitrogens is 1. The maximum Gasteiger partial charge on any atom is 0.133 e. The van der Waals surface area contributed by atoms with Gasteiger partial charge in [0.1, 0.15) is 5.82 Å². The van der Waals surface area contributed by atoms with Gasteiger partial charge in [0.2, 0.25) is 0 Å². The van der Waals surface area contributed by atoms with Gasteiger partial charge >= 0.3 is 0 Å². The number of nitrogens with zero attached hydrogens (tertiary/aromatic N) is 2. The third-order valence-corrected chi connectivity index (χ3v) is 4.08. The first-order valence-electron chi connectivity index (χ1n) is 7.06. The van der Waals surface area contributed by atoms with Crippen LogP contribution in [-0.2, 0) is 12.3 Å². The van der Waals surface area contributed by atoms with E-state index < -0.39 is 0 Å². The number of pyridine rings is 1. The minimum Gasteiger partial charge on any atom is -0.326 e. The Kier molecular flexibility index (Phi) is 3.66. The first-order valence-corrected chi connectivity index (χ1v) is 7.60. The lowest BCUT2D eigenvalue weighted by Crippen LogP contribution is -2.31. The summed E-state index contributed by atoms with van der Waals surface area (Å²) in [6.45, 7) is 5.33. The van der Waals surface area contributed by atoms with Gasteiger partial charge in [-0.1, -0.05) is 25.1 Å².